The number of benzene rings is 1. The summed E-state index contributed by atoms with van der Waals surface area (Å²) < 4.78 is 5.65. The maximum Gasteiger partial charge on any atom is 0.314 e. The molecule has 5 nitrogen and oxygen atoms in total. The summed E-state index contributed by atoms with van der Waals surface area (Å²) >= 11 is 0. The Morgan fingerprint density at radius 1 is 1.29 bits per heavy atom. The lowest BCUT2D eigenvalue weighted by atomic mass is 9.92. The number of primary amides is 1. The minimum Gasteiger partial charge on any atom is -0.486 e. The fraction of sp³-hybridized carbons (Fsp3) is 0.579. The summed E-state index contributed by atoms with van der Waals surface area (Å²) in [5, 5.41) is 0. The van der Waals surface area contributed by atoms with Crippen LogP contribution in [0.5, 0.6) is 5.75 Å². The van der Waals surface area contributed by atoms with E-state index in [-0.39, 0.29) is 18.4 Å². The lowest BCUT2D eigenvalue weighted by Crippen LogP contribution is -2.42. The van der Waals surface area contributed by atoms with Gasteiger partial charge in [0.2, 0.25) is 0 Å². The zero-order valence-corrected chi connectivity index (χ0v) is 14.9. The van der Waals surface area contributed by atoms with Crippen molar-refractivity contribution in [1.29, 1.82) is 0 Å². The number of nitrogens with zero attached hydrogens (tertiary/aromatic N) is 1. The van der Waals surface area contributed by atoms with Crippen molar-refractivity contribution in [1.82, 2.24) is 4.90 Å². The number of urea groups is 1. The molecule has 2 amide bonds. The van der Waals surface area contributed by atoms with Crippen molar-refractivity contribution in [3.63, 3.8) is 0 Å². The Morgan fingerprint density at radius 3 is 2.50 bits per heavy atom. The van der Waals surface area contributed by atoms with Crippen molar-refractivity contribution < 1.29 is 14.3 Å². The first-order valence-electron chi connectivity index (χ1n) is 8.66. The Balaban J connectivity index is 1.77. The van der Waals surface area contributed by atoms with Crippen LogP contribution in [0.2, 0.25) is 0 Å². The summed E-state index contributed by atoms with van der Waals surface area (Å²) in [6, 6.07) is 5.62. The first-order chi connectivity index (χ1) is 11.4. The molecule has 1 saturated heterocycles. The number of rotatable bonds is 6. The lowest BCUT2D eigenvalue weighted by molar-refractivity contribution is -0.122. The molecule has 132 valence electrons. The zero-order valence-electron chi connectivity index (χ0n) is 14.9. The summed E-state index contributed by atoms with van der Waals surface area (Å²) in [5.41, 5.74) is 7.76. The second-order valence-electron chi connectivity index (χ2n) is 6.97. The van der Waals surface area contributed by atoms with E-state index in [1.54, 1.807) is 4.90 Å². The van der Waals surface area contributed by atoms with Crippen molar-refractivity contribution in [3.8, 4) is 5.75 Å². The molecular formula is C19H28N2O3. The maximum atomic E-state index is 12.1. The number of ether oxygens (including phenoxy) is 1. The molecule has 0 unspecified atom stereocenters. The van der Waals surface area contributed by atoms with E-state index in [4.69, 9.17) is 10.5 Å². The average molecular weight is 332 g/mol. The van der Waals surface area contributed by atoms with E-state index in [9.17, 15) is 9.59 Å². The fourth-order valence-corrected chi connectivity index (χ4v) is 3.29. The van der Waals surface area contributed by atoms with Gasteiger partial charge in [0, 0.05) is 19.5 Å². The number of hydrogen-bond acceptors (Lipinski definition) is 3. The van der Waals surface area contributed by atoms with Crippen LogP contribution >= 0.6 is 0 Å². The molecule has 2 rings (SSSR count). The lowest BCUT2D eigenvalue weighted by Gasteiger charge is -2.30. The van der Waals surface area contributed by atoms with Gasteiger partial charge >= 0.3 is 6.03 Å². The summed E-state index contributed by atoms with van der Waals surface area (Å²) in [7, 11) is 0. The van der Waals surface area contributed by atoms with E-state index in [0.29, 0.717) is 31.3 Å². The van der Waals surface area contributed by atoms with Crippen LogP contribution in [0.25, 0.3) is 0 Å². The highest BCUT2D eigenvalue weighted by Crippen LogP contribution is 2.24. The van der Waals surface area contributed by atoms with Crippen molar-refractivity contribution in [2.45, 2.75) is 46.0 Å². The van der Waals surface area contributed by atoms with E-state index in [1.165, 1.54) is 11.1 Å². The van der Waals surface area contributed by atoms with Gasteiger partial charge in [-0.2, -0.15) is 0 Å². The number of ketones is 1. The molecule has 1 fully saturated rings. The molecule has 0 spiro atoms. The van der Waals surface area contributed by atoms with Gasteiger partial charge in [0.25, 0.3) is 0 Å². The Hall–Kier alpha value is -2.04. The smallest absolute Gasteiger partial charge is 0.314 e. The molecule has 1 aliphatic rings. The Labute approximate surface area is 144 Å². The molecule has 0 saturated carbocycles. The monoisotopic (exact) mass is 332 g/mol. The maximum absolute atomic E-state index is 12.1. The minimum absolute atomic E-state index is 0.108. The van der Waals surface area contributed by atoms with E-state index < -0.39 is 0 Å². The Morgan fingerprint density at radius 2 is 1.96 bits per heavy atom. The molecule has 0 aliphatic carbocycles. The predicted octanol–water partition coefficient (Wildman–Crippen LogP) is 3.25. The molecule has 5 heteroatoms. The van der Waals surface area contributed by atoms with Crippen LogP contribution in [0, 0.1) is 12.8 Å². The van der Waals surface area contributed by atoms with Crippen molar-refractivity contribution in [3.05, 3.63) is 29.3 Å². The molecule has 1 heterocycles. The van der Waals surface area contributed by atoms with Crippen LogP contribution < -0.4 is 10.5 Å². The third-order valence-corrected chi connectivity index (χ3v) is 4.71. The number of Topliss-reactive ketones (excluding diaryl/α,β-unsaturated/α-hetero) is 1. The van der Waals surface area contributed by atoms with Crippen LogP contribution in [0.15, 0.2) is 18.2 Å². The molecule has 1 aromatic rings. The van der Waals surface area contributed by atoms with E-state index in [1.807, 2.05) is 12.1 Å². The predicted molar refractivity (Wildman–Crippen MR) is 94.3 cm³/mol. The number of nitrogens with two attached hydrogens (primary N) is 1. The Kier molecular flexibility index (Phi) is 6.23. The van der Waals surface area contributed by atoms with E-state index >= 15 is 0 Å². The first-order valence-corrected chi connectivity index (χ1v) is 8.66. The van der Waals surface area contributed by atoms with E-state index in [2.05, 4.69) is 26.8 Å². The van der Waals surface area contributed by atoms with Gasteiger partial charge in [-0.25, -0.2) is 4.79 Å². The fourth-order valence-electron chi connectivity index (χ4n) is 3.29. The average Bonchev–Trinajstić information content (AvgIpc) is 2.53. The highest BCUT2D eigenvalue weighted by Gasteiger charge is 2.23. The molecule has 0 atom stereocenters. The van der Waals surface area contributed by atoms with Crippen molar-refractivity contribution >= 4 is 11.8 Å². The minimum atomic E-state index is -0.372. The second-order valence-corrected chi connectivity index (χ2v) is 6.97. The number of hydrogen-bond donors (Lipinski definition) is 1. The number of aryl methyl sites for hydroxylation is 1. The summed E-state index contributed by atoms with van der Waals surface area (Å²) in [6.07, 6.45) is 2.17. The summed E-state index contributed by atoms with van der Waals surface area (Å²) in [6.45, 7) is 7.78. The standard InChI is InChI=1S/C19H28N2O3/c1-13(2)18-5-4-17(10-14(18)3)24-12-16(22)11-15-6-8-21(9-7-15)19(20)23/h4-5,10,13,15H,6-9,11-12H2,1-3H3,(H2,20,23). The highest BCUT2D eigenvalue weighted by molar-refractivity contribution is 5.80. The quantitative estimate of drug-likeness (QED) is 0.869. The van der Waals surface area contributed by atoms with Gasteiger partial charge in [0.05, 0.1) is 0 Å². The second kappa shape index (κ2) is 8.18. The summed E-state index contributed by atoms with van der Waals surface area (Å²) in [5.74, 6) is 1.65. The number of amides is 2. The Bertz CT molecular complexity index is 590. The normalized spacial score (nSPS) is 15.6. The number of likely N-dealkylation sites (tertiary alicyclic amines) is 1. The van der Waals surface area contributed by atoms with Crippen molar-refractivity contribution in [2.75, 3.05) is 19.7 Å². The molecule has 1 aliphatic heterocycles. The van der Waals surface area contributed by atoms with Gasteiger partial charge in [0.1, 0.15) is 12.4 Å². The van der Waals surface area contributed by atoms with Crippen LogP contribution in [0.1, 0.15) is 50.2 Å². The zero-order chi connectivity index (χ0) is 17.7. The van der Waals surface area contributed by atoms with Gasteiger partial charge in [0.15, 0.2) is 5.78 Å². The van der Waals surface area contributed by atoms with Gasteiger partial charge in [-0.3, -0.25) is 4.79 Å². The third kappa shape index (κ3) is 4.98. The highest BCUT2D eigenvalue weighted by atomic mass is 16.5. The molecule has 0 aromatic heterocycles. The largest absolute Gasteiger partial charge is 0.486 e. The molecule has 24 heavy (non-hydrogen) atoms. The van der Waals surface area contributed by atoms with Gasteiger partial charge in [-0.05, 0) is 54.9 Å². The number of piperidine rings is 1. The van der Waals surface area contributed by atoms with E-state index in [0.717, 1.165) is 18.6 Å². The van der Waals surface area contributed by atoms with Crippen LogP contribution in [-0.4, -0.2) is 36.4 Å². The van der Waals surface area contributed by atoms with Crippen molar-refractivity contribution in [2.24, 2.45) is 11.7 Å². The number of carbonyl (C=O) groups excluding carboxylic acids is 2. The molecule has 0 bridgehead atoms. The van der Waals surface area contributed by atoms with Gasteiger partial charge in [-0.15, -0.1) is 0 Å². The third-order valence-electron chi connectivity index (χ3n) is 4.71. The molecule has 2 N–H and O–H groups in total. The number of carbonyl (C=O) groups is 2. The van der Waals surface area contributed by atoms with Crippen LogP contribution in [-0.2, 0) is 4.79 Å². The van der Waals surface area contributed by atoms with Crippen LogP contribution in [0.3, 0.4) is 0 Å². The topological polar surface area (TPSA) is 72.6 Å². The van der Waals surface area contributed by atoms with Crippen LogP contribution in [0.4, 0.5) is 4.79 Å². The van der Waals surface area contributed by atoms with Gasteiger partial charge in [-0.1, -0.05) is 19.9 Å². The summed E-state index contributed by atoms with van der Waals surface area (Å²) in [4.78, 5) is 24.9. The molecular weight excluding hydrogens is 304 g/mol. The molecule has 0 radical (unpaired) electrons. The first kappa shape index (κ1) is 18.3. The molecule has 1 aromatic carbocycles. The SMILES string of the molecule is Cc1cc(OCC(=O)CC2CCN(C(N)=O)CC2)ccc1C(C)C. The van der Waals surface area contributed by atoms with Gasteiger partial charge < -0.3 is 15.4 Å².